The van der Waals surface area contributed by atoms with Crippen LogP contribution in [0.2, 0.25) is 0 Å². The average molecular weight is 300 g/mol. The minimum Gasteiger partial charge on any atom is -0.470 e. The van der Waals surface area contributed by atoms with Crippen LogP contribution in [0.4, 0.5) is 0 Å². The molecule has 3 heterocycles. The Bertz CT molecular complexity index is 1090. The summed E-state index contributed by atoms with van der Waals surface area (Å²) in [7, 11) is 1.03. The molecule has 3 nitrogen and oxygen atoms in total. The second kappa shape index (κ2) is 4.09. The highest BCUT2D eigenvalue weighted by Gasteiger charge is 2.38. The Balaban J connectivity index is 2.08. The number of fused-ring (bicyclic) bond motifs is 5. The van der Waals surface area contributed by atoms with Crippen LogP contribution in [0.1, 0.15) is 25.2 Å². The van der Waals surface area contributed by atoms with E-state index in [0.29, 0.717) is 5.66 Å². The van der Waals surface area contributed by atoms with E-state index in [1.54, 1.807) is 0 Å². The van der Waals surface area contributed by atoms with Crippen molar-refractivity contribution in [2.75, 3.05) is 0 Å². The predicted molar refractivity (Wildman–Crippen MR) is 92.8 cm³/mol. The zero-order valence-corrected chi connectivity index (χ0v) is 13.0. The quantitative estimate of drug-likeness (QED) is 0.548. The van der Waals surface area contributed by atoms with Crippen molar-refractivity contribution in [1.29, 1.82) is 0 Å². The lowest BCUT2D eigenvalue weighted by Crippen LogP contribution is -2.25. The number of hydrogen-bond acceptors (Lipinski definition) is 2. The van der Waals surface area contributed by atoms with Gasteiger partial charge in [0.15, 0.2) is 0 Å². The molecule has 5 rings (SSSR count). The maximum Gasteiger partial charge on any atom is 0.373 e. The molecule has 0 fully saturated rings. The molecule has 0 bridgehead atoms. The maximum atomic E-state index is 9.40. The molecule has 4 aromatic rings. The largest absolute Gasteiger partial charge is 0.470 e. The van der Waals surface area contributed by atoms with E-state index in [4.69, 9.17) is 4.42 Å². The van der Waals surface area contributed by atoms with Gasteiger partial charge in [0.2, 0.25) is 0 Å². The summed E-state index contributed by atoms with van der Waals surface area (Å²) in [6.07, 6.45) is 0. The number of benzene rings is 2. The Kier molecular flexibility index (Phi) is 2.32. The van der Waals surface area contributed by atoms with Crippen LogP contribution >= 0.6 is 0 Å². The van der Waals surface area contributed by atoms with E-state index in [-0.39, 0.29) is 5.41 Å². The third-order valence-corrected chi connectivity index (χ3v) is 5.04. The lowest BCUT2D eigenvalue weighted by Gasteiger charge is -2.30. The van der Waals surface area contributed by atoms with Gasteiger partial charge >= 0.3 is 7.48 Å². The third-order valence-electron chi connectivity index (χ3n) is 5.04. The molecule has 0 saturated heterocycles. The first-order valence-corrected chi connectivity index (χ1v) is 7.77. The van der Waals surface area contributed by atoms with Crippen LogP contribution in [0.15, 0.2) is 52.9 Å². The van der Waals surface area contributed by atoms with Crippen LogP contribution in [0.3, 0.4) is 0 Å². The summed E-state index contributed by atoms with van der Waals surface area (Å²) in [5, 5.41) is 11.9. The Morgan fingerprint density at radius 2 is 1.83 bits per heavy atom. The standard InChI is InChI=1S/C19H15BNO2/c1-19(2)13-8-5-7-12-11-6-3-4-9-14(11)21(17(12)13)15-10-16(20-22)23-18(15)19/h3-10,22H,1-2H3. The molecule has 23 heavy (non-hydrogen) atoms. The Morgan fingerprint density at radius 3 is 2.65 bits per heavy atom. The van der Waals surface area contributed by atoms with E-state index in [2.05, 4.69) is 60.9 Å². The van der Waals surface area contributed by atoms with E-state index in [9.17, 15) is 5.02 Å². The zero-order valence-electron chi connectivity index (χ0n) is 13.0. The van der Waals surface area contributed by atoms with Gasteiger partial charge in [-0.2, -0.15) is 0 Å². The van der Waals surface area contributed by atoms with E-state index >= 15 is 0 Å². The summed E-state index contributed by atoms with van der Waals surface area (Å²) >= 11 is 0. The molecule has 0 unspecified atom stereocenters. The van der Waals surface area contributed by atoms with Crippen LogP contribution in [-0.4, -0.2) is 17.1 Å². The average Bonchev–Trinajstić information content (AvgIpc) is 3.13. The van der Waals surface area contributed by atoms with Crippen molar-refractivity contribution in [3.63, 3.8) is 0 Å². The first-order valence-electron chi connectivity index (χ1n) is 7.77. The van der Waals surface area contributed by atoms with E-state index < -0.39 is 0 Å². The van der Waals surface area contributed by atoms with E-state index in [1.165, 1.54) is 21.9 Å². The van der Waals surface area contributed by atoms with Crippen molar-refractivity contribution in [2.45, 2.75) is 19.3 Å². The van der Waals surface area contributed by atoms with E-state index in [1.807, 2.05) is 6.07 Å². The number of furan rings is 1. The van der Waals surface area contributed by atoms with Crippen molar-refractivity contribution in [3.8, 4) is 5.69 Å². The summed E-state index contributed by atoms with van der Waals surface area (Å²) in [6.45, 7) is 4.35. The van der Waals surface area contributed by atoms with Gasteiger partial charge in [-0.1, -0.05) is 36.4 Å². The second-order valence-electron chi connectivity index (χ2n) is 6.67. The molecule has 0 spiro atoms. The molecule has 0 atom stereocenters. The lowest BCUT2D eigenvalue weighted by molar-refractivity contribution is 0.437. The predicted octanol–water partition coefficient (Wildman–Crippen LogP) is 3.25. The maximum absolute atomic E-state index is 9.40. The number of para-hydroxylation sites is 2. The molecule has 4 heteroatoms. The number of hydrogen-bond donors (Lipinski definition) is 1. The zero-order chi connectivity index (χ0) is 15.8. The fraction of sp³-hybridized carbons (Fsp3) is 0.158. The van der Waals surface area contributed by atoms with Gasteiger partial charge in [-0.15, -0.1) is 0 Å². The van der Waals surface area contributed by atoms with Crippen LogP contribution in [0.25, 0.3) is 27.5 Å². The van der Waals surface area contributed by atoms with Crippen LogP contribution in [0.5, 0.6) is 0 Å². The fourth-order valence-corrected chi connectivity index (χ4v) is 3.97. The van der Waals surface area contributed by atoms with Gasteiger partial charge in [-0.25, -0.2) is 0 Å². The van der Waals surface area contributed by atoms with E-state index in [0.717, 1.165) is 24.4 Å². The Morgan fingerprint density at radius 1 is 1.04 bits per heavy atom. The van der Waals surface area contributed by atoms with Crippen molar-refractivity contribution < 1.29 is 9.44 Å². The van der Waals surface area contributed by atoms with Crippen LogP contribution in [0, 0.1) is 0 Å². The number of aromatic nitrogens is 1. The molecule has 1 N–H and O–H groups in total. The highest BCUT2D eigenvalue weighted by molar-refractivity contribution is 6.43. The molecule has 0 saturated carbocycles. The van der Waals surface area contributed by atoms with Gasteiger partial charge in [0.25, 0.3) is 0 Å². The van der Waals surface area contributed by atoms with Crippen LogP contribution in [-0.2, 0) is 5.41 Å². The monoisotopic (exact) mass is 300 g/mol. The van der Waals surface area contributed by atoms with Crippen molar-refractivity contribution >= 4 is 34.9 Å². The topological polar surface area (TPSA) is 38.3 Å². The summed E-state index contributed by atoms with van der Waals surface area (Å²) in [5.74, 6) is 0.888. The molecule has 111 valence electrons. The van der Waals surface area contributed by atoms with Gasteiger partial charge in [-0.3, -0.25) is 0 Å². The van der Waals surface area contributed by atoms with Gasteiger partial charge < -0.3 is 14.0 Å². The summed E-state index contributed by atoms with van der Waals surface area (Å²) in [4.78, 5) is 0. The molecule has 2 aromatic carbocycles. The minimum absolute atomic E-state index is 0.250. The van der Waals surface area contributed by atoms with Gasteiger partial charge in [0.1, 0.15) is 5.76 Å². The lowest BCUT2D eigenvalue weighted by atomic mass is 9.79. The summed E-state index contributed by atoms with van der Waals surface area (Å²) in [6, 6.07) is 16.8. The molecule has 0 aliphatic carbocycles. The normalized spacial score (nSPS) is 15.1. The molecular formula is C19H15BNO2. The first-order chi connectivity index (χ1) is 11.1. The van der Waals surface area contributed by atoms with Gasteiger partial charge in [0, 0.05) is 10.8 Å². The second-order valence-corrected chi connectivity index (χ2v) is 6.67. The Hall–Kier alpha value is -2.46. The summed E-state index contributed by atoms with van der Waals surface area (Å²) in [5.41, 5.74) is 4.90. The first kappa shape index (κ1) is 13.0. The summed E-state index contributed by atoms with van der Waals surface area (Å²) < 4.78 is 8.21. The van der Waals surface area contributed by atoms with Crippen LogP contribution < -0.4 is 5.66 Å². The molecule has 1 radical (unpaired) electrons. The van der Waals surface area contributed by atoms with Crippen molar-refractivity contribution in [1.82, 2.24) is 4.57 Å². The Labute approximate surface area is 134 Å². The van der Waals surface area contributed by atoms with Gasteiger partial charge in [0.05, 0.1) is 27.8 Å². The molecule has 2 aromatic heterocycles. The molecular weight excluding hydrogens is 285 g/mol. The number of rotatable bonds is 1. The molecule has 1 aliphatic heterocycles. The minimum atomic E-state index is -0.250. The highest BCUT2D eigenvalue weighted by atomic mass is 16.4. The highest BCUT2D eigenvalue weighted by Crippen LogP contribution is 2.47. The molecule has 1 aliphatic rings. The SMILES string of the molecule is CC1(C)c2oc([B]O)cc2-n2c3ccccc3c3cccc1c32. The smallest absolute Gasteiger partial charge is 0.373 e. The van der Waals surface area contributed by atoms with Crippen molar-refractivity contribution in [2.24, 2.45) is 0 Å². The van der Waals surface area contributed by atoms with Crippen molar-refractivity contribution in [3.05, 3.63) is 59.9 Å². The van der Waals surface area contributed by atoms with Gasteiger partial charge in [-0.05, 0) is 31.5 Å². The third kappa shape index (κ3) is 1.44. The fourth-order valence-electron chi connectivity index (χ4n) is 3.97. The number of nitrogens with zero attached hydrogens (tertiary/aromatic N) is 1. The molecule has 0 amide bonds.